The van der Waals surface area contributed by atoms with Crippen LogP contribution in [0.2, 0.25) is 5.02 Å². The lowest BCUT2D eigenvalue weighted by atomic mass is 10.0. The van der Waals surface area contributed by atoms with Gasteiger partial charge in [0.25, 0.3) is 0 Å². The van der Waals surface area contributed by atoms with Gasteiger partial charge in [-0.05, 0) is 23.3 Å². The van der Waals surface area contributed by atoms with E-state index in [1.54, 1.807) is 0 Å². The molecular weight excluding hydrogens is 346 g/mol. The first-order chi connectivity index (χ1) is 11.6. The largest absolute Gasteiger partial charge is 0.305 e. The molecule has 1 atom stereocenters. The van der Waals surface area contributed by atoms with Crippen LogP contribution in [0.1, 0.15) is 16.4 Å². The van der Waals surface area contributed by atoms with Crippen LogP contribution < -0.4 is 0 Å². The van der Waals surface area contributed by atoms with Gasteiger partial charge in [0.05, 0.1) is 10.2 Å². The van der Waals surface area contributed by atoms with E-state index in [-0.39, 0.29) is 10.9 Å². The van der Waals surface area contributed by atoms with E-state index >= 15 is 0 Å². The average molecular weight is 358 g/mol. The molecule has 0 fully saturated rings. The summed E-state index contributed by atoms with van der Waals surface area (Å²) >= 11 is 7.41. The Morgan fingerprint density at radius 3 is 2.12 bits per heavy atom. The summed E-state index contributed by atoms with van der Waals surface area (Å²) in [5.41, 5.74) is 2.02. The van der Waals surface area contributed by atoms with Crippen LogP contribution >= 0.6 is 23.4 Å². The first kappa shape index (κ1) is 16.4. The molecule has 0 aliphatic rings. The van der Waals surface area contributed by atoms with Gasteiger partial charge in [-0.3, -0.25) is 10.1 Å². The number of thioether (sulfide) groups is 1. The van der Waals surface area contributed by atoms with Crippen LogP contribution in [0.15, 0.2) is 72.1 Å². The lowest BCUT2D eigenvalue weighted by molar-refractivity contribution is -0.385. The number of hydrogen-bond acceptors (Lipinski definition) is 5. The van der Waals surface area contributed by atoms with E-state index < -0.39 is 4.92 Å². The van der Waals surface area contributed by atoms with Gasteiger partial charge in [-0.15, -0.1) is 0 Å². The van der Waals surface area contributed by atoms with Crippen molar-refractivity contribution in [3.05, 3.63) is 93.3 Å². The van der Waals surface area contributed by atoms with Crippen LogP contribution in [0, 0.1) is 10.1 Å². The first-order valence-corrected chi connectivity index (χ1v) is 8.33. The zero-order chi connectivity index (χ0) is 16.9. The third-order valence-electron chi connectivity index (χ3n) is 3.32. The van der Waals surface area contributed by atoms with Crippen molar-refractivity contribution in [2.75, 3.05) is 0 Å². The highest BCUT2D eigenvalue weighted by Gasteiger charge is 2.18. The molecule has 0 amide bonds. The van der Waals surface area contributed by atoms with E-state index in [4.69, 9.17) is 11.6 Å². The van der Waals surface area contributed by atoms with Crippen LogP contribution in [-0.2, 0) is 0 Å². The molecule has 0 aliphatic carbocycles. The third-order valence-corrected chi connectivity index (χ3v) is 4.78. The smallest absolute Gasteiger partial charge is 0.258 e. The quantitative estimate of drug-likeness (QED) is 0.280. The molecule has 0 aliphatic heterocycles. The summed E-state index contributed by atoms with van der Waals surface area (Å²) in [7, 11) is 0. The Morgan fingerprint density at radius 2 is 1.54 bits per heavy atom. The maximum absolute atomic E-state index is 10.7. The van der Waals surface area contributed by atoms with E-state index in [1.807, 2.05) is 54.6 Å². The van der Waals surface area contributed by atoms with Crippen molar-refractivity contribution in [2.45, 2.75) is 10.4 Å². The topological polar surface area (TPSA) is 68.9 Å². The Hall–Kier alpha value is -2.44. The van der Waals surface area contributed by atoms with Crippen molar-refractivity contribution in [2.24, 2.45) is 0 Å². The monoisotopic (exact) mass is 357 g/mol. The highest BCUT2D eigenvalue weighted by atomic mass is 35.5. The van der Waals surface area contributed by atoms with Crippen LogP contribution in [0.4, 0.5) is 5.69 Å². The zero-order valence-corrected chi connectivity index (χ0v) is 13.9. The first-order valence-electron chi connectivity index (χ1n) is 7.07. The summed E-state index contributed by atoms with van der Waals surface area (Å²) in [4.78, 5) is 18.4. The molecule has 3 rings (SSSR count). The van der Waals surface area contributed by atoms with Gasteiger partial charge < -0.3 is 0 Å². The Kier molecular flexibility index (Phi) is 5.08. The minimum Gasteiger partial charge on any atom is -0.258 e. The van der Waals surface area contributed by atoms with Crippen molar-refractivity contribution in [1.29, 1.82) is 0 Å². The molecule has 3 aromatic rings. The summed E-state index contributed by atoms with van der Waals surface area (Å²) in [5, 5.41) is 11.8. The number of rotatable bonds is 5. The third kappa shape index (κ3) is 3.90. The molecule has 2 aromatic carbocycles. The fourth-order valence-electron chi connectivity index (χ4n) is 2.16. The summed E-state index contributed by atoms with van der Waals surface area (Å²) in [6.07, 6.45) is 2.44. The fourth-order valence-corrected chi connectivity index (χ4v) is 3.31. The van der Waals surface area contributed by atoms with E-state index in [0.29, 0.717) is 10.2 Å². The minimum absolute atomic E-state index is 0.0371. The van der Waals surface area contributed by atoms with Crippen molar-refractivity contribution in [3.63, 3.8) is 0 Å². The predicted octanol–water partition coefficient (Wildman–Crippen LogP) is 4.92. The van der Waals surface area contributed by atoms with Crippen LogP contribution in [-0.4, -0.2) is 14.9 Å². The Labute approximate surface area is 147 Å². The zero-order valence-electron chi connectivity index (χ0n) is 12.4. The van der Waals surface area contributed by atoms with Gasteiger partial charge in [0.1, 0.15) is 12.4 Å². The Balaban J connectivity index is 1.93. The van der Waals surface area contributed by atoms with Crippen molar-refractivity contribution < 1.29 is 4.92 Å². The number of nitro groups is 1. The molecule has 0 saturated heterocycles. The van der Waals surface area contributed by atoms with Crippen LogP contribution in [0.3, 0.4) is 0 Å². The molecule has 0 spiro atoms. The second kappa shape index (κ2) is 7.42. The molecule has 0 bridgehead atoms. The number of hydrogen-bond donors (Lipinski definition) is 0. The molecule has 1 aromatic heterocycles. The summed E-state index contributed by atoms with van der Waals surface area (Å²) < 4.78 is 0. The number of aromatic nitrogens is 2. The number of halogens is 1. The SMILES string of the molecule is O=[N+]([O-])c1cnc(SC(c2ccccc2)c2ccc(Cl)cc2)nc1. The molecule has 0 N–H and O–H groups in total. The highest BCUT2D eigenvalue weighted by Crippen LogP contribution is 2.39. The molecule has 7 heteroatoms. The molecule has 120 valence electrons. The van der Waals surface area contributed by atoms with Gasteiger partial charge in [-0.25, -0.2) is 9.97 Å². The minimum atomic E-state index is -0.512. The van der Waals surface area contributed by atoms with E-state index in [0.717, 1.165) is 11.1 Å². The predicted molar refractivity (Wildman–Crippen MR) is 94.3 cm³/mol. The standard InChI is InChI=1S/C17H12ClN3O2S/c18-14-8-6-13(7-9-14)16(12-4-2-1-3-5-12)24-17-19-10-15(11-20-17)21(22)23/h1-11,16H. The average Bonchev–Trinajstić information content (AvgIpc) is 2.62. The van der Waals surface area contributed by atoms with Gasteiger partial charge in [0.2, 0.25) is 0 Å². The lowest BCUT2D eigenvalue weighted by Crippen LogP contribution is -1.99. The Morgan fingerprint density at radius 1 is 0.958 bits per heavy atom. The summed E-state index contributed by atoms with van der Waals surface area (Å²) in [6.45, 7) is 0. The molecule has 0 saturated carbocycles. The van der Waals surface area contributed by atoms with Crippen molar-refractivity contribution >= 4 is 29.1 Å². The normalized spacial score (nSPS) is 11.9. The molecule has 0 radical (unpaired) electrons. The lowest BCUT2D eigenvalue weighted by Gasteiger charge is -2.16. The van der Waals surface area contributed by atoms with Gasteiger partial charge in [-0.1, -0.05) is 65.8 Å². The van der Waals surface area contributed by atoms with E-state index in [1.165, 1.54) is 24.2 Å². The second-order valence-electron chi connectivity index (χ2n) is 4.94. The second-order valence-corrected chi connectivity index (χ2v) is 6.45. The molecule has 24 heavy (non-hydrogen) atoms. The molecule has 1 heterocycles. The van der Waals surface area contributed by atoms with Gasteiger partial charge in [-0.2, -0.15) is 0 Å². The number of benzene rings is 2. The van der Waals surface area contributed by atoms with Crippen molar-refractivity contribution in [3.8, 4) is 0 Å². The van der Waals surface area contributed by atoms with Crippen molar-refractivity contribution in [1.82, 2.24) is 9.97 Å². The molecule has 5 nitrogen and oxygen atoms in total. The maximum atomic E-state index is 10.7. The Bertz CT molecular complexity index is 827. The van der Waals surface area contributed by atoms with Crippen LogP contribution in [0.25, 0.3) is 0 Å². The molecular formula is C17H12ClN3O2S. The molecule has 1 unspecified atom stereocenters. The fraction of sp³-hybridized carbons (Fsp3) is 0.0588. The summed E-state index contributed by atoms with van der Waals surface area (Å²) in [6, 6.07) is 17.5. The van der Waals surface area contributed by atoms with E-state index in [9.17, 15) is 10.1 Å². The van der Waals surface area contributed by atoms with Gasteiger partial charge >= 0.3 is 5.69 Å². The van der Waals surface area contributed by atoms with Gasteiger partial charge in [0.15, 0.2) is 5.16 Å². The maximum Gasteiger partial charge on any atom is 0.305 e. The van der Waals surface area contributed by atoms with E-state index in [2.05, 4.69) is 9.97 Å². The van der Waals surface area contributed by atoms with Crippen LogP contribution in [0.5, 0.6) is 0 Å². The summed E-state index contributed by atoms with van der Waals surface area (Å²) in [5.74, 6) is 0. The highest BCUT2D eigenvalue weighted by molar-refractivity contribution is 7.99. The number of nitrogens with zero attached hydrogens (tertiary/aromatic N) is 3. The van der Waals surface area contributed by atoms with Gasteiger partial charge in [0, 0.05) is 5.02 Å².